The summed E-state index contributed by atoms with van der Waals surface area (Å²) >= 11 is 0. The molecule has 2 atom stereocenters. The SMILES string of the molecule is CC/C1=C\CC/C(CCNC2C=c3nc(-c4c[nH]nc4C4=CCCC(C)N4)ccc3=CCC2)=C/CCC1. The third kappa shape index (κ3) is 6.70. The van der Waals surface area contributed by atoms with Gasteiger partial charge in [-0.25, -0.2) is 4.98 Å². The maximum atomic E-state index is 5.13. The van der Waals surface area contributed by atoms with Gasteiger partial charge in [0.1, 0.15) is 5.69 Å². The standard InChI is InChI=1S/C32H43N5/c1-3-24-10-4-5-11-25(13-7-12-24)19-20-33-27-15-8-14-26-17-18-29(36-31(26)21-27)28-22-34-37-32(28)30-16-6-9-23(2)35-30/h11-12,14,16-18,21-23,27,33,35H,3-10,13,15,19-20H2,1-2H3,(H,34,37)/b24-12+,25-11-. The zero-order valence-electron chi connectivity index (χ0n) is 22.7. The Hall–Kier alpha value is -2.92. The van der Waals surface area contributed by atoms with Crippen LogP contribution in [0.15, 0.2) is 47.7 Å². The number of nitrogens with zero attached hydrogens (tertiary/aromatic N) is 2. The van der Waals surface area contributed by atoms with Crippen molar-refractivity contribution in [1.29, 1.82) is 0 Å². The van der Waals surface area contributed by atoms with E-state index in [4.69, 9.17) is 4.98 Å². The molecule has 37 heavy (non-hydrogen) atoms. The summed E-state index contributed by atoms with van der Waals surface area (Å²) in [6, 6.07) is 5.17. The Morgan fingerprint density at radius 2 is 1.86 bits per heavy atom. The van der Waals surface area contributed by atoms with Gasteiger partial charge in [0.2, 0.25) is 0 Å². The second-order valence-corrected chi connectivity index (χ2v) is 10.8. The van der Waals surface area contributed by atoms with Crippen LogP contribution in [0.25, 0.3) is 29.1 Å². The topological polar surface area (TPSA) is 65.6 Å². The molecule has 196 valence electrons. The third-order valence-electron chi connectivity index (χ3n) is 8.02. The Morgan fingerprint density at radius 1 is 0.973 bits per heavy atom. The molecule has 3 N–H and O–H groups in total. The molecule has 2 aliphatic carbocycles. The van der Waals surface area contributed by atoms with Crippen LogP contribution in [-0.2, 0) is 0 Å². The number of fused-ring (bicyclic) bond motifs is 1. The minimum atomic E-state index is 0.344. The van der Waals surface area contributed by atoms with E-state index in [-0.39, 0.29) is 0 Å². The van der Waals surface area contributed by atoms with Crippen molar-refractivity contribution in [2.75, 3.05) is 6.54 Å². The summed E-state index contributed by atoms with van der Waals surface area (Å²) in [6.07, 6.45) is 26.9. The normalized spacial score (nSPS) is 25.2. The van der Waals surface area contributed by atoms with E-state index in [0.717, 1.165) is 66.6 Å². The summed E-state index contributed by atoms with van der Waals surface area (Å²) in [5.41, 5.74) is 7.38. The molecule has 5 rings (SSSR count). The lowest BCUT2D eigenvalue weighted by molar-refractivity contribution is 0.580. The van der Waals surface area contributed by atoms with Crippen LogP contribution in [0.4, 0.5) is 0 Å². The summed E-state index contributed by atoms with van der Waals surface area (Å²) < 4.78 is 0. The molecule has 2 aromatic heterocycles. The number of nitrogens with one attached hydrogen (secondary N) is 3. The van der Waals surface area contributed by atoms with Crippen LogP contribution in [0, 0.1) is 0 Å². The van der Waals surface area contributed by atoms with Crippen LogP contribution >= 0.6 is 0 Å². The highest BCUT2D eigenvalue weighted by Crippen LogP contribution is 2.26. The minimum Gasteiger partial charge on any atom is -0.381 e. The van der Waals surface area contributed by atoms with E-state index in [2.05, 4.69) is 77.2 Å². The summed E-state index contributed by atoms with van der Waals surface area (Å²) in [6.45, 7) is 5.54. The van der Waals surface area contributed by atoms with Crippen LogP contribution in [0.1, 0.15) is 90.2 Å². The molecule has 3 heterocycles. The van der Waals surface area contributed by atoms with Crippen molar-refractivity contribution < 1.29 is 0 Å². The molecular formula is C32H43N5. The molecule has 5 nitrogen and oxygen atoms in total. The van der Waals surface area contributed by atoms with Crippen LogP contribution in [-0.4, -0.2) is 33.8 Å². The number of H-pyrrole nitrogens is 1. The fraction of sp³-hybridized carbons (Fsp3) is 0.500. The van der Waals surface area contributed by atoms with Crippen LogP contribution in [0.2, 0.25) is 0 Å². The zero-order valence-corrected chi connectivity index (χ0v) is 22.7. The average Bonchev–Trinajstić information content (AvgIpc) is 3.35. The average molecular weight is 498 g/mol. The molecule has 1 aliphatic heterocycles. The van der Waals surface area contributed by atoms with E-state index in [9.17, 15) is 0 Å². The molecule has 2 unspecified atom stereocenters. The zero-order chi connectivity index (χ0) is 25.5. The van der Waals surface area contributed by atoms with Crippen molar-refractivity contribution in [2.24, 2.45) is 0 Å². The lowest BCUT2D eigenvalue weighted by Gasteiger charge is -2.21. The van der Waals surface area contributed by atoms with Gasteiger partial charge in [0.15, 0.2) is 0 Å². The Balaban J connectivity index is 1.28. The van der Waals surface area contributed by atoms with Gasteiger partial charge in [-0.15, -0.1) is 0 Å². The number of hydrogen-bond acceptors (Lipinski definition) is 4. The van der Waals surface area contributed by atoms with Gasteiger partial charge in [0, 0.05) is 23.8 Å². The molecular weight excluding hydrogens is 454 g/mol. The predicted molar refractivity (Wildman–Crippen MR) is 155 cm³/mol. The van der Waals surface area contributed by atoms with Gasteiger partial charge in [-0.1, -0.05) is 48.4 Å². The van der Waals surface area contributed by atoms with E-state index in [1.54, 1.807) is 11.1 Å². The first-order valence-corrected chi connectivity index (χ1v) is 14.5. The third-order valence-corrected chi connectivity index (χ3v) is 8.02. The predicted octanol–water partition coefficient (Wildman–Crippen LogP) is 5.51. The summed E-state index contributed by atoms with van der Waals surface area (Å²) in [5.74, 6) is 0. The quantitative estimate of drug-likeness (QED) is 0.441. The number of hydrogen-bond donors (Lipinski definition) is 3. The van der Waals surface area contributed by atoms with Gasteiger partial charge in [0.25, 0.3) is 0 Å². The maximum Gasteiger partial charge on any atom is 0.117 e. The van der Waals surface area contributed by atoms with Gasteiger partial charge < -0.3 is 10.6 Å². The van der Waals surface area contributed by atoms with Gasteiger partial charge >= 0.3 is 0 Å². The van der Waals surface area contributed by atoms with E-state index >= 15 is 0 Å². The summed E-state index contributed by atoms with van der Waals surface area (Å²) in [4.78, 5) is 5.13. The largest absolute Gasteiger partial charge is 0.381 e. The molecule has 0 bridgehead atoms. The van der Waals surface area contributed by atoms with Crippen LogP contribution in [0.3, 0.4) is 0 Å². The lowest BCUT2D eigenvalue weighted by Crippen LogP contribution is -2.33. The second-order valence-electron chi connectivity index (χ2n) is 10.8. The number of pyridine rings is 1. The highest BCUT2D eigenvalue weighted by molar-refractivity contribution is 5.76. The van der Waals surface area contributed by atoms with Crippen molar-refractivity contribution >= 4 is 17.8 Å². The molecule has 0 spiro atoms. The Kier molecular flexibility index (Phi) is 8.72. The highest BCUT2D eigenvalue weighted by Gasteiger charge is 2.18. The van der Waals surface area contributed by atoms with E-state index in [1.165, 1.54) is 43.7 Å². The second kappa shape index (κ2) is 12.6. The van der Waals surface area contributed by atoms with Gasteiger partial charge in [-0.05, 0) is 101 Å². The smallest absolute Gasteiger partial charge is 0.117 e. The Bertz CT molecular complexity index is 1280. The van der Waals surface area contributed by atoms with Crippen molar-refractivity contribution in [2.45, 2.75) is 96.6 Å². The van der Waals surface area contributed by atoms with Crippen LogP contribution in [0.5, 0.6) is 0 Å². The van der Waals surface area contributed by atoms with Gasteiger partial charge in [0.05, 0.1) is 16.7 Å². The van der Waals surface area contributed by atoms with Crippen molar-refractivity contribution in [3.63, 3.8) is 0 Å². The maximum absolute atomic E-state index is 5.13. The summed E-state index contributed by atoms with van der Waals surface area (Å²) in [7, 11) is 0. The van der Waals surface area contributed by atoms with Crippen molar-refractivity contribution in [3.05, 3.63) is 64.0 Å². The molecule has 5 heteroatoms. The molecule has 0 saturated carbocycles. The number of aromatic nitrogens is 3. The fourth-order valence-corrected chi connectivity index (χ4v) is 5.79. The number of allylic oxidation sites excluding steroid dienone is 4. The first kappa shape index (κ1) is 25.7. The Morgan fingerprint density at radius 3 is 2.76 bits per heavy atom. The first-order chi connectivity index (χ1) is 18.2. The van der Waals surface area contributed by atoms with E-state index in [1.807, 2.05) is 6.20 Å². The molecule has 0 radical (unpaired) electrons. The number of aromatic amines is 1. The fourth-order valence-electron chi connectivity index (χ4n) is 5.79. The lowest BCUT2D eigenvalue weighted by atomic mass is 10.0. The van der Waals surface area contributed by atoms with Gasteiger partial charge in [-0.3, -0.25) is 5.10 Å². The molecule has 0 fully saturated rings. The molecule has 0 saturated heterocycles. The molecule has 0 amide bonds. The molecule has 2 aromatic rings. The number of rotatable bonds is 7. The van der Waals surface area contributed by atoms with E-state index < -0.39 is 0 Å². The monoisotopic (exact) mass is 497 g/mol. The molecule has 0 aromatic carbocycles. The molecule has 3 aliphatic rings. The first-order valence-electron chi connectivity index (χ1n) is 14.5. The summed E-state index contributed by atoms with van der Waals surface area (Å²) in [5, 5.41) is 17.4. The van der Waals surface area contributed by atoms with Crippen LogP contribution < -0.4 is 21.2 Å². The Labute approximate surface area is 221 Å². The van der Waals surface area contributed by atoms with Gasteiger partial charge in [-0.2, -0.15) is 5.10 Å². The highest BCUT2D eigenvalue weighted by atomic mass is 15.1. The van der Waals surface area contributed by atoms with E-state index in [0.29, 0.717) is 12.1 Å². The van der Waals surface area contributed by atoms with Crippen molar-refractivity contribution in [3.8, 4) is 11.3 Å². The van der Waals surface area contributed by atoms with Crippen molar-refractivity contribution in [1.82, 2.24) is 25.8 Å². The minimum absolute atomic E-state index is 0.344.